The Bertz CT molecular complexity index is 2100. The zero-order valence-electron chi connectivity index (χ0n) is 30.6. The van der Waals surface area contributed by atoms with E-state index in [1.165, 1.54) is 15.9 Å². The van der Waals surface area contributed by atoms with Crippen LogP contribution in [-0.2, 0) is 47.6 Å². The lowest BCUT2D eigenvalue weighted by atomic mass is 9.82. The topological polar surface area (TPSA) is 188 Å². The second-order valence-electron chi connectivity index (χ2n) is 16.3. The number of ether oxygens (including phenoxy) is 1. The van der Waals surface area contributed by atoms with Gasteiger partial charge in [0, 0.05) is 30.0 Å². The van der Waals surface area contributed by atoms with Crippen LogP contribution >= 0.6 is 0 Å². The molecule has 5 atom stereocenters. The minimum Gasteiger partial charge on any atom is -0.444 e. The lowest BCUT2D eigenvalue weighted by molar-refractivity contribution is -0.140. The van der Waals surface area contributed by atoms with Crippen molar-refractivity contribution in [1.82, 2.24) is 19.8 Å². The Morgan fingerprint density at radius 1 is 1.02 bits per heavy atom. The molecule has 3 heterocycles. The van der Waals surface area contributed by atoms with E-state index in [2.05, 4.69) is 15.4 Å². The van der Waals surface area contributed by atoms with Gasteiger partial charge in [-0.25, -0.2) is 17.6 Å². The zero-order chi connectivity index (χ0) is 38.7. The first-order valence-corrected chi connectivity index (χ1v) is 20.2. The molecule has 3 N–H and O–H groups in total. The fourth-order valence-corrected chi connectivity index (χ4v) is 9.36. The zero-order valence-corrected chi connectivity index (χ0v) is 31.4. The molecule has 290 valence electrons. The molecule has 7 rings (SSSR count). The van der Waals surface area contributed by atoms with Gasteiger partial charge in [-0.15, -0.1) is 0 Å². The predicted molar refractivity (Wildman–Crippen MR) is 195 cm³/mol. The maximum Gasteiger partial charge on any atom is 0.410 e. The lowest BCUT2D eigenvalue weighted by Gasteiger charge is -2.32. The molecule has 2 aromatic rings. The van der Waals surface area contributed by atoms with Crippen LogP contribution in [0.1, 0.15) is 95.2 Å². The largest absolute Gasteiger partial charge is 0.444 e. The molecule has 3 aliphatic heterocycles. The fraction of sp³-hybridized carbons (Fsp3) is 0.579. The molecule has 16 heteroatoms. The number of benzene rings is 1. The first-order chi connectivity index (χ1) is 25.5. The first kappa shape index (κ1) is 37.7. The fourth-order valence-electron chi connectivity index (χ4n) is 7.99. The van der Waals surface area contributed by atoms with Crippen molar-refractivity contribution in [1.29, 1.82) is 0 Å². The summed E-state index contributed by atoms with van der Waals surface area (Å²) in [7, 11) is -3.94. The number of nitrogens with zero attached hydrogens (tertiary/aromatic N) is 2. The van der Waals surface area contributed by atoms with Crippen molar-refractivity contribution in [3.8, 4) is 0 Å². The van der Waals surface area contributed by atoms with Crippen LogP contribution in [0.25, 0.3) is 0 Å². The van der Waals surface area contributed by atoms with E-state index in [0.717, 1.165) is 6.42 Å². The molecule has 0 radical (unpaired) electrons. The highest BCUT2D eigenvalue weighted by Crippen LogP contribution is 2.46. The van der Waals surface area contributed by atoms with E-state index in [1.807, 2.05) is 12.2 Å². The van der Waals surface area contributed by atoms with E-state index in [9.17, 15) is 41.6 Å². The van der Waals surface area contributed by atoms with Crippen molar-refractivity contribution in [2.75, 3.05) is 11.9 Å². The van der Waals surface area contributed by atoms with Gasteiger partial charge in [-0.3, -0.25) is 33.6 Å². The average Bonchev–Trinajstić information content (AvgIpc) is 3.99. The van der Waals surface area contributed by atoms with Crippen molar-refractivity contribution in [3.63, 3.8) is 0 Å². The van der Waals surface area contributed by atoms with Gasteiger partial charge in [0.25, 0.3) is 5.91 Å². The Balaban J connectivity index is 1.17. The minimum absolute atomic E-state index is 0.0135. The summed E-state index contributed by atoms with van der Waals surface area (Å²) in [5, 5.41) is 5.18. The summed E-state index contributed by atoms with van der Waals surface area (Å²) in [5.41, 5.74) is -2.25. The number of sulfonamides is 1. The minimum atomic E-state index is -3.94. The number of hydrogen-bond acceptors (Lipinski definition) is 10. The maximum absolute atomic E-state index is 14.6. The standard InChI is InChI=1S/C38H46FN5O9S/c1-37(2,3)29-30(32(46)31(29)45)40-27-13-8-6-4-5-7-11-22-17-38(22,35(49)42-54(51,52)24-14-15-24)41-33(47)28-16-23(19-44(28)34(27)48)53-36(50)43-18-21-10-9-12-26(39)25(21)20-43/h7,9-12,22-24,27-28,40H,4-6,8,13-20H2,1-3H3,(H,41,47)(H,42,49)/b11-7-/t22-,23+,27-,28-,38+/m0/s1. The van der Waals surface area contributed by atoms with Gasteiger partial charge in [-0.05, 0) is 55.6 Å². The SMILES string of the molecule is CC(C)(C)c1c(N[C@H]2CCCCC/C=C\[C@H]3C[C@@]3(C(=O)NS(=O)(=O)C3CC3)NC(=O)[C@@H]3C[C@@H](OC(=O)N4Cc5cccc(F)c5C4)CN3C2=O)c(=O)c1=O. The normalized spacial score (nSPS) is 28.2. The van der Waals surface area contributed by atoms with Crippen molar-refractivity contribution < 1.29 is 36.7 Å². The van der Waals surface area contributed by atoms with Crippen molar-refractivity contribution in [3.05, 3.63) is 73.3 Å². The second kappa shape index (κ2) is 13.9. The van der Waals surface area contributed by atoms with E-state index in [0.29, 0.717) is 43.2 Å². The molecule has 0 unspecified atom stereocenters. The van der Waals surface area contributed by atoms with E-state index in [1.54, 1.807) is 32.9 Å². The van der Waals surface area contributed by atoms with Crippen LogP contribution in [0.3, 0.4) is 0 Å². The van der Waals surface area contributed by atoms with E-state index in [-0.39, 0.29) is 50.1 Å². The Morgan fingerprint density at radius 3 is 2.48 bits per heavy atom. The molecule has 54 heavy (non-hydrogen) atoms. The van der Waals surface area contributed by atoms with Gasteiger partial charge in [0.05, 0.1) is 24.0 Å². The number of anilines is 1. The lowest BCUT2D eigenvalue weighted by Crippen LogP contribution is -2.58. The quantitative estimate of drug-likeness (QED) is 0.291. The molecule has 1 saturated heterocycles. The van der Waals surface area contributed by atoms with Crippen molar-refractivity contribution >= 4 is 39.5 Å². The number of fused-ring (bicyclic) bond motifs is 3. The van der Waals surface area contributed by atoms with Crippen LogP contribution < -0.4 is 26.2 Å². The van der Waals surface area contributed by atoms with Gasteiger partial charge in [-0.1, -0.05) is 57.9 Å². The number of carbonyl (C=O) groups excluding carboxylic acids is 4. The summed E-state index contributed by atoms with van der Waals surface area (Å²) in [5.74, 6) is -3.08. The van der Waals surface area contributed by atoms with Gasteiger partial charge in [0.2, 0.25) is 32.7 Å². The van der Waals surface area contributed by atoms with Crippen LogP contribution in [0, 0.1) is 11.7 Å². The number of nitrogens with one attached hydrogen (secondary N) is 3. The van der Waals surface area contributed by atoms with E-state index in [4.69, 9.17) is 4.74 Å². The summed E-state index contributed by atoms with van der Waals surface area (Å²) in [6, 6.07) is 2.32. The number of halogens is 1. The van der Waals surface area contributed by atoms with E-state index < -0.39 is 90.8 Å². The van der Waals surface area contributed by atoms with Gasteiger partial charge in [0.1, 0.15) is 29.5 Å². The monoisotopic (exact) mass is 767 g/mol. The molecule has 4 amide bonds. The van der Waals surface area contributed by atoms with Gasteiger partial charge in [0.15, 0.2) is 0 Å². The average molecular weight is 768 g/mol. The van der Waals surface area contributed by atoms with Crippen LogP contribution in [0.15, 0.2) is 39.9 Å². The van der Waals surface area contributed by atoms with Gasteiger partial charge in [-0.2, -0.15) is 0 Å². The summed E-state index contributed by atoms with van der Waals surface area (Å²) >= 11 is 0. The maximum atomic E-state index is 14.6. The molecule has 5 aliphatic rings. The van der Waals surface area contributed by atoms with Crippen LogP contribution in [0.5, 0.6) is 0 Å². The highest BCUT2D eigenvalue weighted by molar-refractivity contribution is 7.91. The number of amides is 4. The molecule has 0 bridgehead atoms. The van der Waals surface area contributed by atoms with Crippen LogP contribution in [0.4, 0.5) is 14.9 Å². The molecular formula is C38H46FN5O9S. The summed E-state index contributed by atoms with van der Waals surface area (Å²) < 4.78 is 48.1. The van der Waals surface area contributed by atoms with E-state index >= 15 is 0 Å². The molecule has 14 nitrogen and oxygen atoms in total. The number of rotatable bonds is 6. The van der Waals surface area contributed by atoms with Crippen molar-refractivity contribution in [2.45, 2.75) is 126 Å². The van der Waals surface area contributed by atoms with Crippen LogP contribution in [0.2, 0.25) is 0 Å². The summed E-state index contributed by atoms with van der Waals surface area (Å²) in [6.07, 6.45) is 5.81. The van der Waals surface area contributed by atoms with Crippen LogP contribution in [-0.4, -0.2) is 77.6 Å². The Morgan fingerprint density at radius 2 is 1.78 bits per heavy atom. The Labute approximate surface area is 312 Å². The predicted octanol–water partition coefficient (Wildman–Crippen LogP) is 2.63. The molecule has 2 aromatic carbocycles. The second-order valence-corrected chi connectivity index (χ2v) is 18.3. The Kier molecular flexibility index (Phi) is 9.72. The number of carbonyl (C=O) groups is 4. The van der Waals surface area contributed by atoms with Crippen molar-refractivity contribution in [2.24, 2.45) is 5.92 Å². The number of hydrogen-bond donors (Lipinski definition) is 3. The molecule has 0 aromatic heterocycles. The molecular weight excluding hydrogens is 722 g/mol. The summed E-state index contributed by atoms with van der Waals surface area (Å²) in [6.45, 7) is 5.28. The third kappa shape index (κ3) is 7.16. The van der Waals surface area contributed by atoms with Gasteiger partial charge < -0.3 is 20.3 Å². The molecule has 2 saturated carbocycles. The molecule has 2 aliphatic carbocycles. The highest BCUT2D eigenvalue weighted by atomic mass is 32.2. The smallest absolute Gasteiger partial charge is 0.410 e. The summed E-state index contributed by atoms with van der Waals surface area (Å²) in [4.78, 5) is 84.0. The van der Waals surface area contributed by atoms with Gasteiger partial charge >= 0.3 is 6.09 Å². The third-order valence-electron chi connectivity index (χ3n) is 11.3. The molecule has 0 spiro atoms. The third-order valence-corrected chi connectivity index (χ3v) is 13.1. The Hall–Kier alpha value is -4.60. The number of allylic oxidation sites excluding steroid dienone is 1. The first-order valence-electron chi connectivity index (χ1n) is 18.7. The highest BCUT2D eigenvalue weighted by Gasteiger charge is 2.62. The molecule has 3 fully saturated rings.